The van der Waals surface area contributed by atoms with Crippen LogP contribution in [0.4, 0.5) is 14.5 Å². The number of amides is 1. The fourth-order valence-corrected chi connectivity index (χ4v) is 2.78. The van der Waals surface area contributed by atoms with E-state index in [2.05, 4.69) is 17.3 Å². The molecule has 2 aromatic carbocycles. The summed E-state index contributed by atoms with van der Waals surface area (Å²) in [5.74, 6) is -1.86. The molecule has 0 bridgehead atoms. The summed E-state index contributed by atoms with van der Waals surface area (Å²) >= 11 is 0. The van der Waals surface area contributed by atoms with Crippen LogP contribution in [-0.2, 0) is 0 Å². The van der Waals surface area contributed by atoms with E-state index in [1.807, 2.05) is 6.07 Å². The highest BCUT2D eigenvalue weighted by Gasteiger charge is 2.18. The molecule has 26 heavy (non-hydrogen) atoms. The Hall–Kier alpha value is -2.18. The smallest absolute Gasteiger partial charge is 0.255 e. The number of nitrogens with one attached hydrogen (secondary N) is 1. The van der Waals surface area contributed by atoms with Crippen LogP contribution in [0.2, 0.25) is 0 Å². The van der Waals surface area contributed by atoms with E-state index in [0.717, 1.165) is 38.1 Å². The third-order valence-electron chi connectivity index (χ3n) is 4.24. The molecular weight excluding hydrogens is 362 g/mol. The third-order valence-corrected chi connectivity index (χ3v) is 4.24. The van der Waals surface area contributed by atoms with Gasteiger partial charge in [-0.3, -0.25) is 4.79 Å². The van der Waals surface area contributed by atoms with Crippen molar-refractivity contribution in [2.45, 2.75) is 18.9 Å². The van der Waals surface area contributed by atoms with Crippen molar-refractivity contribution in [3.63, 3.8) is 0 Å². The van der Waals surface area contributed by atoms with E-state index in [0.29, 0.717) is 11.4 Å². The number of carbonyl (C=O) groups is 1. The number of nitrogens with zero attached hydrogens (tertiary/aromatic N) is 1. The number of anilines is 1. The molecule has 3 rings (SSSR count). The number of ether oxygens (including phenoxy) is 1. The number of rotatable bonds is 4. The molecule has 140 valence electrons. The summed E-state index contributed by atoms with van der Waals surface area (Å²) in [5.41, 5.74) is 0.598. The highest BCUT2D eigenvalue weighted by molar-refractivity contribution is 6.04. The first-order valence-corrected chi connectivity index (χ1v) is 8.23. The highest BCUT2D eigenvalue weighted by atomic mass is 35.5. The summed E-state index contributed by atoms with van der Waals surface area (Å²) in [6.07, 6.45) is 2.08. The van der Waals surface area contributed by atoms with Gasteiger partial charge in [0.05, 0.1) is 0 Å². The lowest BCUT2D eigenvalue weighted by atomic mass is 10.1. The Morgan fingerprint density at radius 1 is 1.12 bits per heavy atom. The van der Waals surface area contributed by atoms with Gasteiger partial charge in [-0.05, 0) is 50.2 Å². The maximum atomic E-state index is 13.3. The summed E-state index contributed by atoms with van der Waals surface area (Å²) in [7, 11) is 2.09. The molecule has 1 N–H and O–H groups in total. The molecular formula is C19H21ClF2N2O2. The minimum absolute atomic E-state index is 0. The van der Waals surface area contributed by atoms with E-state index in [4.69, 9.17) is 4.74 Å². The second-order valence-corrected chi connectivity index (χ2v) is 6.23. The number of hydrogen-bond acceptors (Lipinski definition) is 3. The molecule has 0 atom stereocenters. The lowest BCUT2D eigenvalue weighted by Crippen LogP contribution is -2.35. The summed E-state index contributed by atoms with van der Waals surface area (Å²) in [6, 6.07) is 10.1. The van der Waals surface area contributed by atoms with E-state index < -0.39 is 17.5 Å². The number of halogens is 3. The topological polar surface area (TPSA) is 41.6 Å². The second kappa shape index (κ2) is 8.96. The molecule has 0 aliphatic carbocycles. The molecule has 0 unspecified atom stereocenters. The Labute approximate surface area is 157 Å². The monoisotopic (exact) mass is 382 g/mol. The Morgan fingerprint density at radius 3 is 2.54 bits per heavy atom. The molecule has 0 aromatic heterocycles. The van der Waals surface area contributed by atoms with Crippen LogP contribution in [-0.4, -0.2) is 37.0 Å². The van der Waals surface area contributed by atoms with Crippen LogP contribution in [0.5, 0.6) is 5.75 Å². The zero-order valence-corrected chi connectivity index (χ0v) is 15.2. The van der Waals surface area contributed by atoms with Gasteiger partial charge in [-0.25, -0.2) is 8.78 Å². The lowest BCUT2D eigenvalue weighted by molar-refractivity contribution is 0.102. The summed E-state index contributed by atoms with van der Waals surface area (Å²) in [5, 5.41) is 2.67. The van der Waals surface area contributed by atoms with E-state index in [1.165, 1.54) is 6.07 Å². The molecule has 2 aromatic rings. The number of piperidine rings is 1. The quantitative estimate of drug-likeness (QED) is 0.865. The minimum atomic E-state index is -1.05. The van der Waals surface area contributed by atoms with Crippen LogP contribution < -0.4 is 10.1 Å². The lowest BCUT2D eigenvalue weighted by Gasteiger charge is -2.29. The summed E-state index contributed by atoms with van der Waals surface area (Å²) in [6.45, 7) is 1.99. The van der Waals surface area contributed by atoms with Crippen molar-refractivity contribution in [3.05, 3.63) is 59.7 Å². The minimum Gasteiger partial charge on any atom is -0.490 e. The SMILES string of the molecule is CN1CCC(Oc2cccc(NC(=O)c3ccc(F)c(F)c3)c2)CC1.Cl. The normalized spacial score (nSPS) is 15.2. The van der Waals surface area contributed by atoms with Crippen molar-refractivity contribution < 1.29 is 18.3 Å². The Kier molecular flexibility index (Phi) is 6.94. The van der Waals surface area contributed by atoms with Crippen molar-refractivity contribution in [1.82, 2.24) is 4.90 Å². The third kappa shape index (κ3) is 5.16. The first-order chi connectivity index (χ1) is 12.0. The predicted octanol–water partition coefficient (Wildman–Crippen LogP) is 4.11. The van der Waals surface area contributed by atoms with Crippen LogP contribution in [0.1, 0.15) is 23.2 Å². The van der Waals surface area contributed by atoms with Crippen LogP contribution in [0.25, 0.3) is 0 Å². The molecule has 1 fully saturated rings. The van der Waals surface area contributed by atoms with Gasteiger partial charge in [0.25, 0.3) is 5.91 Å². The molecule has 1 saturated heterocycles. The van der Waals surface area contributed by atoms with E-state index in [9.17, 15) is 13.6 Å². The fourth-order valence-electron chi connectivity index (χ4n) is 2.78. The van der Waals surface area contributed by atoms with Gasteiger partial charge in [0.1, 0.15) is 11.9 Å². The molecule has 1 amide bonds. The van der Waals surface area contributed by atoms with Crippen molar-refractivity contribution in [3.8, 4) is 5.75 Å². The first kappa shape index (κ1) is 20.1. The Balaban J connectivity index is 0.00000243. The van der Waals surface area contributed by atoms with Gasteiger partial charge in [0, 0.05) is 30.4 Å². The largest absolute Gasteiger partial charge is 0.490 e. The molecule has 1 aliphatic heterocycles. The number of carbonyl (C=O) groups excluding carboxylic acids is 1. The van der Waals surface area contributed by atoms with Gasteiger partial charge in [-0.2, -0.15) is 0 Å². The average molecular weight is 383 g/mol. The van der Waals surface area contributed by atoms with Gasteiger partial charge < -0.3 is 15.0 Å². The Morgan fingerprint density at radius 2 is 1.85 bits per heavy atom. The fraction of sp³-hybridized carbons (Fsp3) is 0.316. The first-order valence-electron chi connectivity index (χ1n) is 8.23. The van der Waals surface area contributed by atoms with Gasteiger partial charge in [-0.15, -0.1) is 12.4 Å². The number of benzene rings is 2. The number of hydrogen-bond donors (Lipinski definition) is 1. The van der Waals surface area contributed by atoms with Gasteiger partial charge in [-0.1, -0.05) is 6.07 Å². The molecule has 0 saturated carbocycles. The Bertz CT molecular complexity index is 765. The highest BCUT2D eigenvalue weighted by Crippen LogP contribution is 2.22. The van der Waals surface area contributed by atoms with Crippen LogP contribution in [0.15, 0.2) is 42.5 Å². The van der Waals surface area contributed by atoms with Crippen LogP contribution >= 0.6 is 12.4 Å². The van der Waals surface area contributed by atoms with Gasteiger partial charge in [0.15, 0.2) is 11.6 Å². The summed E-state index contributed by atoms with van der Waals surface area (Å²) in [4.78, 5) is 14.4. The van der Waals surface area contributed by atoms with E-state index >= 15 is 0 Å². The van der Waals surface area contributed by atoms with Crippen molar-refractivity contribution in [2.24, 2.45) is 0 Å². The predicted molar refractivity (Wildman–Crippen MR) is 99.1 cm³/mol. The molecule has 1 heterocycles. The molecule has 1 aliphatic rings. The zero-order valence-electron chi connectivity index (χ0n) is 14.4. The number of likely N-dealkylation sites (tertiary alicyclic amines) is 1. The molecule has 7 heteroatoms. The molecule has 4 nitrogen and oxygen atoms in total. The standard InChI is InChI=1S/C19H20F2N2O2.ClH/c1-23-9-7-15(8-10-23)25-16-4-2-3-14(12-16)22-19(24)13-5-6-17(20)18(21)11-13;/h2-6,11-12,15H,7-10H2,1H3,(H,22,24);1H. The van der Waals surface area contributed by atoms with E-state index in [1.54, 1.807) is 18.2 Å². The van der Waals surface area contributed by atoms with Crippen molar-refractivity contribution in [2.75, 3.05) is 25.5 Å². The molecule has 0 spiro atoms. The molecule has 0 radical (unpaired) electrons. The van der Waals surface area contributed by atoms with Crippen LogP contribution in [0, 0.1) is 11.6 Å². The maximum absolute atomic E-state index is 13.3. The second-order valence-electron chi connectivity index (χ2n) is 6.23. The average Bonchev–Trinajstić information content (AvgIpc) is 2.59. The maximum Gasteiger partial charge on any atom is 0.255 e. The van der Waals surface area contributed by atoms with Crippen molar-refractivity contribution in [1.29, 1.82) is 0 Å². The summed E-state index contributed by atoms with van der Waals surface area (Å²) < 4.78 is 32.2. The van der Waals surface area contributed by atoms with Gasteiger partial charge >= 0.3 is 0 Å². The van der Waals surface area contributed by atoms with Gasteiger partial charge in [0.2, 0.25) is 0 Å². The zero-order chi connectivity index (χ0) is 17.8. The van der Waals surface area contributed by atoms with E-state index in [-0.39, 0.29) is 24.1 Å². The van der Waals surface area contributed by atoms with Crippen LogP contribution in [0.3, 0.4) is 0 Å². The van der Waals surface area contributed by atoms with Crippen molar-refractivity contribution >= 4 is 24.0 Å².